The molecule has 3 heterocycles. The number of sulfonamides is 1. The summed E-state index contributed by atoms with van der Waals surface area (Å²) in [5.74, 6) is 0.271. The molecule has 2 aliphatic rings. The number of rotatable bonds is 4. The van der Waals surface area contributed by atoms with Crippen LogP contribution >= 0.6 is 11.3 Å². The van der Waals surface area contributed by atoms with Crippen molar-refractivity contribution in [1.29, 1.82) is 0 Å². The van der Waals surface area contributed by atoms with Crippen molar-refractivity contribution in [2.24, 2.45) is 5.41 Å². The maximum absolute atomic E-state index is 12.9. The van der Waals surface area contributed by atoms with Crippen molar-refractivity contribution >= 4 is 33.0 Å². The highest BCUT2D eigenvalue weighted by Crippen LogP contribution is 2.42. The topological polar surface area (TPSA) is 57.7 Å². The summed E-state index contributed by atoms with van der Waals surface area (Å²) in [5.41, 5.74) is 0.432. The maximum atomic E-state index is 12.9. The smallest absolute Gasteiger partial charge is 0.234 e. The van der Waals surface area contributed by atoms with E-state index in [4.69, 9.17) is 0 Å². The Labute approximate surface area is 136 Å². The van der Waals surface area contributed by atoms with Crippen LogP contribution in [0.5, 0.6) is 0 Å². The summed E-state index contributed by atoms with van der Waals surface area (Å²) in [7, 11) is -3.23. The summed E-state index contributed by atoms with van der Waals surface area (Å²) < 4.78 is 26.2. The molecule has 0 unspecified atom stereocenters. The molecule has 3 rings (SSSR count). The number of carbonyl (C=O) groups excluding carboxylic acids is 1. The van der Waals surface area contributed by atoms with Crippen molar-refractivity contribution in [2.45, 2.75) is 32.6 Å². The van der Waals surface area contributed by atoms with Gasteiger partial charge in [-0.15, -0.1) is 0 Å². The van der Waals surface area contributed by atoms with E-state index in [-0.39, 0.29) is 11.7 Å². The Balaban J connectivity index is 1.81. The van der Waals surface area contributed by atoms with Gasteiger partial charge in [-0.1, -0.05) is 6.92 Å². The Morgan fingerprint density at radius 2 is 2.14 bits per heavy atom. The van der Waals surface area contributed by atoms with Gasteiger partial charge in [0.25, 0.3) is 0 Å². The van der Waals surface area contributed by atoms with Crippen LogP contribution in [-0.4, -0.2) is 44.0 Å². The first-order valence-electron chi connectivity index (χ1n) is 7.80. The van der Waals surface area contributed by atoms with Gasteiger partial charge in [-0.3, -0.25) is 4.79 Å². The maximum Gasteiger partial charge on any atom is 0.234 e. The lowest BCUT2D eigenvalue weighted by molar-refractivity contribution is -0.127. The van der Waals surface area contributed by atoms with Gasteiger partial charge in [0, 0.05) is 25.0 Å². The Hall–Kier alpha value is -0.920. The van der Waals surface area contributed by atoms with E-state index in [1.807, 2.05) is 28.7 Å². The molecular formula is C15H22N2O3S2. The highest BCUT2D eigenvalue weighted by atomic mass is 32.2. The predicted molar refractivity (Wildman–Crippen MR) is 88.6 cm³/mol. The van der Waals surface area contributed by atoms with Gasteiger partial charge in [-0.2, -0.15) is 11.3 Å². The first-order chi connectivity index (χ1) is 10.5. The van der Waals surface area contributed by atoms with E-state index in [0.29, 0.717) is 26.1 Å². The van der Waals surface area contributed by atoms with Crippen LogP contribution in [-0.2, 0) is 14.8 Å². The molecule has 0 aliphatic carbocycles. The quantitative estimate of drug-likeness (QED) is 0.844. The number of nitrogens with zero attached hydrogens (tertiary/aromatic N) is 2. The average Bonchev–Trinajstić information content (AvgIpc) is 3.10. The summed E-state index contributed by atoms with van der Waals surface area (Å²) in [4.78, 5) is 14.7. The monoisotopic (exact) mass is 342 g/mol. The van der Waals surface area contributed by atoms with E-state index in [9.17, 15) is 13.2 Å². The molecule has 0 saturated carbocycles. The molecule has 122 valence electrons. The third kappa shape index (κ3) is 2.70. The first-order valence-corrected chi connectivity index (χ1v) is 10.4. The lowest BCUT2D eigenvalue weighted by Crippen LogP contribution is -2.50. The van der Waals surface area contributed by atoms with E-state index in [1.165, 1.54) is 0 Å². The molecule has 1 amide bonds. The summed E-state index contributed by atoms with van der Waals surface area (Å²) in [6.45, 7) is 3.47. The van der Waals surface area contributed by atoms with E-state index in [2.05, 4.69) is 0 Å². The van der Waals surface area contributed by atoms with Crippen molar-refractivity contribution in [2.75, 3.05) is 30.3 Å². The summed E-state index contributed by atoms with van der Waals surface area (Å²) in [6, 6.07) is 1.95. The zero-order chi connectivity index (χ0) is 15.8. The molecule has 0 N–H and O–H groups in total. The second-order valence-corrected chi connectivity index (χ2v) is 9.09. The van der Waals surface area contributed by atoms with Crippen LogP contribution in [0.4, 0.5) is 5.69 Å². The van der Waals surface area contributed by atoms with Crippen LogP contribution in [0.25, 0.3) is 0 Å². The number of carbonyl (C=O) groups is 1. The SMILES string of the molecule is CCCS(=O)(=O)N1CCC[C@]2(CCN(c3ccsc3)C2=O)C1. The third-order valence-corrected chi connectivity index (χ3v) is 7.42. The lowest BCUT2D eigenvalue weighted by atomic mass is 9.79. The van der Waals surface area contributed by atoms with Crippen LogP contribution in [0.2, 0.25) is 0 Å². The molecule has 1 aromatic heterocycles. The van der Waals surface area contributed by atoms with Crippen molar-refractivity contribution in [3.63, 3.8) is 0 Å². The first kappa shape index (κ1) is 16.0. The minimum Gasteiger partial charge on any atom is -0.311 e. The van der Waals surface area contributed by atoms with Crippen molar-refractivity contribution in [3.05, 3.63) is 16.8 Å². The van der Waals surface area contributed by atoms with Crippen LogP contribution in [0, 0.1) is 5.41 Å². The van der Waals surface area contributed by atoms with E-state index < -0.39 is 15.4 Å². The van der Waals surface area contributed by atoms with Gasteiger partial charge in [0.15, 0.2) is 0 Å². The van der Waals surface area contributed by atoms with Crippen molar-refractivity contribution in [1.82, 2.24) is 4.31 Å². The van der Waals surface area contributed by atoms with Crippen LogP contribution in [0.1, 0.15) is 32.6 Å². The van der Waals surface area contributed by atoms with E-state index >= 15 is 0 Å². The third-order valence-electron chi connectivity index (χ3n) is 4.73. The normalized spacial score (nSPS) is 27.0. The van der Waals surface area contributed by atoms with Crippen LogP contribution in [0.3, 0.4) is 0 Å². The van der Waals surface area contributed by atoms with Gasteiger partial charge in [0.1, 0.15) is 0 Å². The fourth-order valence-electron chi connectivity index (χ4n) is 3.57. The summed E-state index contributed by atoms with van der Waals surface area (Å²) in [6.07, 6.45) is 2.93. The average molecular weight is 342 g/mol. The van der Waals surface area contributed by atoms with Crippen LogP contribution < -0.4 is 4.90 Å². The molecule has 2 fully saturated rings. The molecule has 22 heavy (non-hydrogen) atoms. The standard InChI is InChI=1S/C15H22N2O3S2/c1-2-10-22(19,20)16-7-3-5-15(12-16)6-8-17(14(15)18)13-4-9-21-11-13/h4,9,11H,2-3,5-8,10,12H2,1H3/t15-/m0/s1. The number of piperidine rings is 1. The fraction of sp³-hybridized carbons (Fsp3) is 0.667. The van der Waals surface area contributed by atoms with Gasteiger partial charge < -0.3 is 4.90 Å². The van der Waals surface area contributed by atoms with Gasteiger partial charge in [-0.05, 0) is 37.1 Å². The highest BCUT2D eigenvalue weighted by molar-refractivity contribution is 7.89. The number of hydrogen-bond acceptors (Lipinski definition) is 4. The molecule has 2 aliphatic heterocycles. The minimum absolute atomic E-state index is 0.0994. The molecule has 2 saturated heterocycles. The van der Waals surface area contributed by atoms with Gasteiger partial charge in [0.2, 0.25) is 15.9 Å². The second kappa shape index (κ2) is 5.94. The van der Waals surface area contributed by atoms with Gasteiger partial charge >= 0.3 is 0 Å². The Bertz CT molecular complexity index is 642. The molecule has 1 spiro atoms. The van der Waals surface area contributed by atoms with Gasteiger partial charge in [0.05, 0.1) is 16.9 Å². The molecule has 1 atom stereocenters. The molecule has 0 aromatic carbocycles. The lowest BCUT2D eigenvalue weighted by Gasteiger charge is -2.38. The van der Waals surface area contributed by atoms with Crippen molar-refractivity contribution in [3.8, 4) is 0 Å². The molecule has 7 heteroatoms. The number of hydrogen-bond donors (Lipinski definition) is 0. The van der Waals surface area contributed by atoms with Gasteiger partial charge in [-0.25, -0.2) is 12.7 Å². The number of amides is 1. The Morgan fingerprint density at radius 3 is 2.82 bits per heavy atom. The Morgan fingerprint density at radius 1 is 1.32 bits per heavy atom. The van der Waals surface area contributed by atoms with E-state index in [1.54, 1.807) is 15.6 Å². The molecule has 0 radical (unpaired) electrons. The Kier molecular flexibility index (Phi) is 4.31. The summed E-state index contributed by atoms with van der Waals surface area (Å²) in [5, 5.41) is 3.94. The highest BCUT2D eigenvalue weighted by Gasteiger charge is 2.50. The summed E-state index contributed by atoms with van der Waals surface area (Å²) >= 11 is 1.57. The zero-order valence-corrected chi connectivity index (χ0v) is 14.5. The second-order valence-electron chi connectivity index (χ2n) is 6.22. The fourth-order valence-corrected chi connectivity index (χ4v) is 5.84. The predicted octanol–water partition coefficient (Wildman–Crippen LogP) is 2.31. The number of thiophene rings is 1. The molecule has 5 nitrogen and oxygen atoms in total. The van der Waals surface area contributed by atoms with E-state index in [0.717, 1.165) is 24.9 Å². The largest absolute Gasteiger partial charge is 0.311 e. The minimum atomic E-state index is -3.23. The van der Waals surface area contributed by atoms with Crippen LogP contribution in [0.15, 0.2) is 16.8 Å². The van der Waals surface area contributed by atoms with Crippen molar-refractivity contribution < 1.29 is 13.2 Å². The number of anilines is 1. The molecule has 1 aromatic rings. The molecular weight excluding hydrogens is 320 g/mol. The molecule has 0 bridgehead atoms. The zero-order valence-electron chi connectivity index (χ0n) is 12.8.